The van der Waals surface area contributed by atoms with Gasteiger partial charge in [0, 0.05) is 16.7 Å². The van der Waals surface area contributed by atoms with Crippen LogP contribution in [-0.4, -0.2) is 44.3 Å². The zero-order valence-corrected chi connectivity index (χ0v) is 22.9. The Morgan fingerprint density at radius 1 is 0.972 bits per heavy atom. The maximum absolute atomic E-state index is 13.7. The summed E-state index contributed by atoms with van der Waals surface area (Å²) >= 11 is 2.11. The van der Waals surface area contributed by atoms with Gasteiger partial charge in [-0.05, 0) is 90.5 Å². The zero-order chi connectivity index (χ0) is 26.3. The van der Waals surface area contributed by atoms with Gasteiger partial charge in [0.05, 0.1) is 10.6 Å². The highest BCUT2D eigenvalue weighted by molar-refractivity contribution is 14.1. The van der Waals surface area contributed by atoms with Gasteiger partial charge in [0.15, 0.2) is 0 Å². The van der Waals surface area contributed by atoms with Gasteiger partial charge in [0.2, 0.25) is 11.8 Å². The maximum atomic E-state index is 13.7. The number of benzene rings is 3. The van der Waals surface area contributed by atoms with E-state index < -0.39 is 34.3 Å². The minimum atomic E-state index is -4.10. The van der Waals surface area contributed by atoms with Crippen LogP contribution in [-0.2, 0) is 26.2 Å². The molecule has 2 amide bonds. The average Bonchev–Trinajstić information content (AvgIpc) is 2.87. The minimum absolute atomic E-state index is 0.00330. The Kier molecular flexibility index (Phi) is 9.43. The number of carbonyl (C=O) groups is 2. The van der Waals surface area contributed by atoms with E-state index in [0.717, 1.165) is 7.88 Å². The normalized spacial score (nSPS) is 12.0. The molecule has 0 saturated carbocycles. The van der Waals surface area contributed by atoms with Crippen LogP contribution in [0.4, 0.5) is 10.1 Å². The molecule has 0 spiro atoms. The second-order valence-electron chi connectivity index (χ2n) is 8.02. The van der Waals surface area contributed by atoms with Gasteiger partial charge >= 0.3 is 0 Å². The van der Waals surface area contributed by atoms with Crippen LogP contribution in [0.25, 0.3) is 0 Å². The van der Waals surface area contributed by atoms with Gasteiger partial charge < -0.3 is 10.2 Å². The van der Waals surface area contributed by atoms with Gasteiger partial charge in [-0.15, -0.1) is 0 Å². The van der Waals surface area contributed by atoms with Crippen molar-refractivity contribution in [2.75, 3.05) is 17.4 Å². The molecule has 3 rings (SSSR count). The van der Waals surface area contributed by atoms with Crippen molar-refractivity contribution in [2.45, 2.75) is 31.3 Å². The van der Waals surface area contributed by atoms with E-state index in [1.54, 1.807) is 56.3 Å². The number of hydrogen-bond acceptors (Lipinski definition) is 4. The lowest BCUT2D eigenvalue weighted by atomic mass is 10.1. The van der Waals surface area contributed by atoms with Crippen molar-refractivity contribution in [3.05, 3.63) is 93.8 Å². The van der Waals surface area contributed by atoms with E-state index in [1.807, 2.05) is 0 Å². The number of sulfonamides is 1. The van der Waals surface area contributed by atoms with Crippen LogP contribution in [0.3, 0.4) is 0 Å². The van der Waals surface area contributed by atoms with E-state index in [0.29, 0.717) is 17.8 Å². The molecule has 0 radical (unpaired) electrons. The fourth-order valence-corrected chi connectivity index (χ4v) is 5.34. The first-order valence-electron chi connectivity index (χ1n) is 11.3. The summed E-state index contributed by atoms with van der Waals surface area (Å²) in [5, 5.41) is 2.70. The topological polar surface area (TPSA) is 86.8 Å². The van der Waals surface area contributed by atoms with E-state index in [9.17, 15) is 22.4 Å². The summed E-state index contributed by atoms with van der Waals surface area (Å²) < 4.78 is 42.6. The Morgan fingerprint density at radius 3 is 2.17 bits per heavy atom. The Hall–Kier alpha value is -2.99. The number of nitrogens with one attached hydrogen (secondary N) is 1. The third-order valence-electron chi connectivity index (χ3n) is 5.51. The lowest BCUT2D eigenvalue weighted by Crippen LogP contribution is -2.51. The molecule has 0 saturated heterocycles. The molecule has 10 heteroatoms. The highest BCUT2D eigenvalue weighted by Gasteiger charge is 2.32. The first-order chi connectivity index (χ1) is 17.1. The van der Waals surface area contributed by atoms with Crippen LogP contribution in [0.15, 0.2) is 83.8 Å². The van der Waals surface area contributed by atoms with Crippen LogP contribution in [0.5, 0.6) is 0 Å². The molecule has 0 aliphatic heterocycles. The Bertz CT molecular complexity index is 1290. The van der Waals surface area contributed by atoms with Gasteiger partial charge in [0.1, 0.15) is 18.4 Å². The third kappa shape index (κ3) is 6.82. The van der Waals surface area contributed by atoms with Crippen molar-refractivity contribution in [2.24, 2.45) is 0 Å². The molecule has 36 heavy (non-hydrogen) atoms. The van der Waals surface area contributed by atoms with E-state index in [1.165, 1.54) is 41.3 Å². The maximum Gasteiger partial charge on any atom is 0.264 e. The first kappa shape index (κ1) is 27.6. The zero-order valence-electron chi connectivity index (χ0n) is 19.9. The molecule has 190 valence electrons. The number of anilines is 1. The SMILES string of the molecule is CCNC(=O)[C@H](C)N(Cc1ccc(F)cc1)C(=O)CN(c1ccc(I)cc1)S(=O)(=O)c1ccccc1. The van der Waals surface area contributed by atoms with Crippen molar-refractivity contribution in [1.29, 1.82) is 0 Å². The molecule has 0 aromatic heterocycles. The lowest BCUT2D eigenvalue weighted by Gasteiger charge is -2.32. The summed E-state index contributed by atoms with van der Waals surface area (Å²) in [7, 11) is -4.10. The molecule has 3 aromatic rings. The van der Waals surface area contributed by atoms with E-state index >= 15 is 0 Å². The number of rotatable bonds is 10. The molecular formula is C26H27FIN3O4S. The summed E-state index contributed by atoms with van der Waals surface area (Å²) in [4.78, 5) is 27.6. The van der Waals surface area contributed by atoms with E-state index in [2.05, 4.69) is 27.9 Å². The van der Waals surface area contributed by atoms with Crippen molar-refractivity contribution in [3.8, 4) is 0 Å². The Morgan fingerprint density at radius 2 is 1.58 bits per heavy atom. The number of carbonyl (C=O) groups excluding carboxylic acids is 2. The van der Waals surface area contributed by atoms with Gasteiger partial charge in [-0.2, -0.15) is 0 Å². The largest absolute Gasteiger partial charge is 0.355 e. The monoisotopic (exact) mass is 623 g/mol. The van der Waals surface area contributed by atoms with Crippen molar-refractivity contribution >= 4 is 50.1 Å². The fourth-order valence-electron chi connectivity index (χ4n) is 3.55. The quantitative estimate of drug-likeness (QED) is 0.344. The molecule has 0 unspecified atom stereocenters. The molecule has 3 aromatic carbocycles. The minimum Gasteiger partial charge on any atom is -0.355 e. The number of hydrogen-bond donors (Lipinski definition) is 1. The predicted octanol–water partition coefficient (Wildman–Crippen LogP) is 4.18. The van der Waals surface area contributed by atoms with Crippen LogP contribution in [0, 0.1) is 9.39 Å². The number of nitrogens with zero attached hydrogens (tertiary/aromatic N) is 2. The average molecular weight is 623 g/mol. The summed E-state index contributed by atoms with van der Waals surface area (Å²) in [6, 6.07) is 19.3. The van der Waals surface area contributed by atoms with Crippen LogP contribution in [0.2, 0.25) is 0 Å². The summed E-state index contributed by atoms with van der Waals surface area (Å²) in [6.45, 7) is 3.19. The van der Waals surface area contributed by atoms with Crippen LogP contribution in [0.1, 0.15) is 19.4 Å². The fraction of sp³-hybridized carbons (Fsp3) is 0.231. The van der Waals surface area contributed by atoms with Crippen molar-refractivity contribution in [1.82, 2.24) is 10.2 Å². The van der Waals surface area contributed by atoms with Crippen LogP contribution < -0.4 is 9.62 Å². The Balaban J connectivity index is 2.00. The Labute approximate surface area is 224 Å². The molecule has 0 fully saturated rings. The van der Waals surface area contributed by atoms with Gasteiger partial charge in [-0.1, -0.05) is 30.3 Å². The van der Waals surface area contributed by atoms with Gasteiger partial charge in [-0.3, -0.25) is 13.9 Å². The molecule has 0 bridgehead atoms. The van der Waals surface area contributed by atoms with Crippen LogP contribution >= 0.6 is 22.6 Å². The lowest BCUT2D eigenvalue weighted by molar-refractivity contribution is -0.139. The van der Waals surface area contributed by atoms with E-state index in [-0.39, 0.29) is 17.3 Å². The standard InChI is InChI=1S/C26H27FIN3O4S/c1-3-29-26(33)19(2)30(17-20-9-11-21(27)12-10-20)25(32)18-31(23-15-13-22(28)14-16-23)36(34,35)24-7-5-4-6-8-24/h4-16,19H,3,17-18H2,1-2H3,(H,29,33)/t19-/m0/s1. The second kappa shape index (κ2) is 12.3. The highest BCUT2D eigenvalue weighted by atomic mass is 127. The summed E-state index contributed by atoms with van der Waals surface area (Å²) in [5.74, 6) is -1.37. The molecule has 0 aliphatic rings. The van der Waals surface area contributed by atoms with Gasteiger partial charge in [-0.25, -0.2) is 12.8 Å². The predicted molar refractivity (Wildman–Crippen MR) is 145 cm³/mol. The molecule has 0 heterocycles. The number of amides is 2. The summed E-state index contributed by atoms with van der Waals surface area (Å²) in [5.41, 5.74) is 0.924. The third-order valence-corrected chi connectivity index (χ3v) is 8.02. The molecular weight excluding hydrogens is 596 g/mol. The number of halogens is 2. The number of likely N-dealkylation sites (N-methyl/N-ethyl adjacent to an activating group) is 1. The first-order valence-corrected chi connectivity index (χ1v) is 13.8. The second-order valence-corrected chi connectivity index (χ2v) is 11.1. The molecule has 1 atom stereocenters. The smallest absolute Gasteiger partial charge is 0.264 e. The summed E-state index contributed by atoms with van der Waals surface area (Å²) in [6.07, 6.45) is 0. The molecule has 7 nitrogen and oxygen atoms in total. The highest BCUT2D eigenvalue weighted by Crippen LogP contribution is 2.25. The van der Waals surface area contributed by atoms with Gasteiger partial charge in [0.25, 0.3) is 10.0 Å². The molecule has 0 aliphatic carbocycles. The van der Waals surface area contributed by atoms with Crippen molar-refractivity contribution in [3.63, 3.8) is 0 Å². The van der Waals surface area contributed by atoms with Crippen molar-refractivity contribution < 1.29 is 22.4 Å². The molecule has 1 N–H and O–H groups in total. The van der Waals surface area contributed by atoms with E-state index in [4.69, 9.17) is 0 Å².